The van der Waals surface area contributed by atoms with Crippen molar-refractivity contribution in [3.63, 3.8) is 0 Å². The van der Waals surface area contributed by atoms with Crippen LogP contribution < -0.4 is 5.73 Å². The monoisotopic (exact) mass is 409 g/mol. The third kappa shape index (κ3) is 4.72. The van der Waals surface area contributed by atoms with Gasteiger partial charge in [0.25, 0.3) is 0 Å². The normalized spacial score (nSPS) is 14.0. The van der Waals surface area contributed by atoms with Crippen LogP contribution in [0.5, 0.6) is 5.75 Å². The van der Waals surface area contributed by atoms with Crippen LogP contribution in [-0.2, 0) is 15.7 Å². The van der Waals surface area contributed by atoms with Gasteiger partial charge in [-0.2, -0.15) is 13.2 Å². The summed E-state index contributed by atoms with van der Waals surface area (Å²) in [6, 6.07) is -0.146. The zero-order chi connectivity index (χ0) is 16.4. The van der Waals surface area contributed by atoms with Gasteiger partial charge in [-0.25, -0.2) is 9.18 Å². The van der Waals surface area contributed by atoms with Crippen molar-refractivity contribution >= 4 is 34.3 Å². The Hall–Kier alpha value is -1.06. The molecule has 0 aliphatic rings. The number of benzene rings is 1. The van der Waals surface area contributed by atoms with Gasteiger partial charge in [0.05, 0.1) is 18.2 Å². The molecule has 0 heterocycles. The van der Waals surface area contributed by atoms with Crippen LogP contribution >= 0.6 is 28.3 Å². The predicted octanol–water partition coefficient (Wildman–Crippen LogP) is 3.50. The molecule has 4 nitrogen and oxygen atoms in total. The van der Waals surface area contributed by atoms with Crippen LogP contribution in [0.4, 0.5) is 17.6 Å². The minimum atomic E-state index is -4.85. The first kappa shape index (κ1) is 20.9. The Labute approximate surface area is 138 Å². The third-order valence-electron chi connectivity index (χ3n) is 2.60. The quantitative estimate of drug-likeness (QED) is 0.589. The van der Waals surface area contributed by atoms with E-state index in [9.17, 15) is 27.5 Å². The van der Waals surface area contributed by atoms with Gasteiger partial charge in [0.2, 0.25) is 6.17 Å². The number of nitrogens with two attached hydrogens (primary N) is 1. The number of alkyl halides is 4. The van der Waals surface area contributed by atoms with Crippen LogP contribution in [-0.4, -0.2) is 23.9 Å². The van der Waals surface area contributed by atoms with Crippen LogP contribution in [0.1, 0.15) is 24.1 Å². The van der Waals surface area contributed by atoms with E-state index >= 15 is 0 Å². The van der Waals surface area contributed by atoms with E-state index in [2.05, 4.69) is 20.7 Å². The molecule has 0 radical (unpaired) electrons. The number of hydrogen-bond donors (Lipinski definition) is 2. The lowest BCUT2D eigenvalue weighted by molar-refractivity contribution is -0.149. The van der Waals surface area contributed by atoms with Gasteiger partial charge >= 0.3 is 12.1 Å². The van der Waals surface area contributed by atoms with Gasteiger partial charge in [-0.05, 0) is 19.1 Å². The van der Waals surface area contributed by atoms with Crippen LogP contribution in [0, 0.1) is 0 Å². The fourth-order valence-electron chi connectivity index (χ4n) is 1.62. The highest BCUT2D eigenvalue weighted by Crippen LogP contribution is 2.41. The molecule has 1 aromatic rings. The first-order valence-electron chi connectivity index (χ1n) is 5.75. The van der Waals surface area contributed by atoms with Gasteiger partial charge in [0, 0.05) is 10.0 Å². The number of hydrogen-bond acceptors (Lipinski definition) is 4. The Kier molecular flexibility index (Phi) is 7.60. The molecule has 1 rings (SSSR count). The molecule has 3 N–H and O–H groups in total. The van der Waals surface area contributed by atoms with Gasteiger partial charge < -0.3 is 15.6 Å². The second-order valence-electron chi connectivity index (χ2n) is 4.07. The molecule has 0 aliphatic heterocycles. The van der Waals surface area contributed by atoms with Crippen LogP contribution in [0.25, 0.3) is 0 Å². The smallest absolute Gasteiger partial charge is 0.420 e. The van der Waals surface area contributed by atoms with E-state index in [-0.39, 0.29) is 23.5 Å². The fraction of sp³-hybridized carbons (Fsp3) is 0.417. The van der Waals surface area contributed by atoms with Gasteiger partial charge in [0.15, 0.2) is 0 Å². The maximum atomic E-state index is 13.8. The number of aromatic hydroxyl groups is 1. The molecular formula is C12H13BrClF4NO3. The Balaban J connectivity index is 0.00000441. The Morgan fingerprint density at radius 3 is 2.45 bits per heavy atom. The largest absolute Gasteiger partial charge is 0.507 e. The summed E-state index contributed by atoms with van der Waals surface area (Å²) in [7, 11) is 0. The van der Waals surface area contributed by atoms with E-state index in [1.54, 1.807) is 0 Å². The summed E-state index contributed by atoms with van der Waals surface area (Å²) in [5.74, 6) is -2.52. The number of phenols is 1. The van der Waals surface area contributed by atoms with Crippen molar-refractivity contribution < 1.29 is 32.2 Å². The number of halogens is 6. The molecule has 0 aliphatic carbocycles. The number of phenolic OH excluding ortho intramolecular Hbond substituents is 1. The van der Waals surface area contributed by atoms with Crippen molar-refractivity contribution in [3.8, 4) is 5.75 Å². The molecular weight excluding hydrogens is 397 g/mol. The van der Waals surface area contributed by atoms with Gasteiger partial charge in [-0.15, -0.1) is 12.4 Å². The van der Waals surface area contributed by atoms with Crippen molar-refractivity contribution in [2.75, 3.05) is 6.61 Å². The molecule has 10 heteroatoms. The maximum Gasteiger partial charge on any atom is 0.420 e. The lowest BCUT2D eigenvalue weighted by Gasteiger charge is -2.20. The molecule has 0 aromatic heterocycles. The molecule has 0 fully saturated rings. The average Bonchev–Trinajstić information content (AvgIpc) is 2.38. The molecule has 0 saturated carbocycles. The summed E-state index contributed by atoms with van der Waals surface area (Å²) >= 11 is 2.82. The Morgan fingerprint density at radius 2 is 2.00 bits per heavy atom. The highest BCUT2D eigenvalue weighted by atomic mass is 79.9. The summed E-state index contributed by atoms with van der Waals surface area (Å²) < 4.78 is 56.4. The number of ether oxygens (including phenoxy) is 1. The van der Waals surface area contributed by atoms with Crippen molar-refractivity contribution in [1.29, 1.82) is 0 Å². The second kappa shape index (κ2) is 7.98. The Bertz CT molecular complexity index is 542. The summed E-state index contributed by atoms with van der Waals surface area (Å²) in [5.41, 5.74) is 3.51. The molecule has 22 heavy (non-hydrogen) atoms. The van der Waals surface area contributed by atoms with E-state index < -0.39 is 41.2 Å². The van der Waals surface area contributed by atoms with Gasteiger partial charge in [0.1, 0.15) is 5.75 Å². The van der Waals surface area contributed by atoms with Crippen LogP contribution in [0.2, 0.25) is 0 Å². The summed E-state index contributed by atoms with van der Waals surface area (Å²) in [4.78, 5) is 11.2. The molecule has 1 aromatic carbocycles. The minimum absolute atomic E-state index is 0. The molecule has 126 valence electrons. The third-order valence-corrected chi connectivity index (χ3v) is 3.05. The van der Waals surface area contributed by atoms with Crippen LogP contribution in [0.3, 0.4) is 0 Å². The van der Waals surface area contributed by atoms with Crippen LogP contribution in [0.15, 0.2) is 16.6 Å². The van der Waals surface area contributed by atoms with Crippen molar-refractivity contribution in [1.82, 2.24) is 0 Å². The lowest BCUT2D eigenvalue weighted by Crippen LogP contribution is -2.31. The second-order valence-corrected chi connectivity index (χ2v) is 4.98. The zero-order valence-electron chi connectivity index (χ0n) is 11.2. The summed E-state index contributed by atoms with van der Waals surface area (Å²) in [6.45, 7) is 1.33. The summed E-state index contributed by atoms with van der Waals surface area (Å²) in [6.07, 6.45) is -7.25. The zero-order valence-corrected chi connectivity index (χ0v) is 13.6. The first-order valence-corrected chi connectivity index (χ1v) is 6.54. The highest BCUT2D eigenvalue weighted by Gasteiger charge is 2.38. The summed E-state index contributed by atoms with van der Waals surface area (Å²) in [5, 5.41) is 9.64. The van der Waals surface area contributed by atoms with E-state index in [0.29, 0.717) is 6.07 Å². The van der Waals surface area contributed by atoms with Crippen molar-refractivity contribution in [2.24, 2.45) is 5.73 Å². The first-order chi connectivity index (χ1) is 9.59. The number of carbonyl (C=O) groups is 1. The molecule has 1 unspecified atom stereocenters. The molecule has 0 bridgehead atoms. The van der Waals surface area contributed by atoms with E-state index in [4.69, 9.17) is 5.73 Å². The highest BCUT2D eigenvalue weighted by molar-refractivity contribution is 9.10. The fourth-order valence-corrected chi connectivity index (χ4v) is 2.09. The molecule has 0 spiro atoms. The van der Waals surface area contributed by atoms with E-state index in [0.717, 1.165) is 6.07 Å². The predicted molar refractivity (Wildman–Crippen MR) is 76.5 cm³/mol. The average molecular weight is 411 g/mol. The SMILES string of the molecule is CCOC(=O)C(F)[C@H](N)c1cc(Br)cc(C(F)(F)F)c1O.Cl. The maximum absolute atomic E-state index is 13.8. The van der Waals surface area contributed by atoms with Gasteiger partial charge in [-0.3, -0.25) is 0 Å². The minimum Gasteiger partial charge on any atom is -0.507 e. The number of esters is 1. The van der Waals surface area contributed by atoms with Gasteiger partial charge in [-0.1, -0.05) is 15.9 Å². The number of rotatable bonds is 4. The van der Waals surface area contributed by atoms with E-state index in [1.165, 1.54) is 6.92 Å². The van der Waals surface area contributed by atoms with E-state index in [1.807, 2.05) is 0 Å². The lowest BCUT2D eigenvalue weighted by atomic mass is 9.99. The topological polar surface area (TPSA) is 72.5 Å². The van der Waals surface area contributed by atoms with Crippen molar-refractivity contribution in [2.45, 2.75) is 25.3 Å². The Morgan fingerprint density at radius 1 is 1.45 bits per heavy atom. The molecule has 2 atom stereocenters. The number of carbonyl (C=O) groups excluding carboxylic acids is 1. The molecule has 0 saturated heterocycles. The van der Waals surface area contributed by atoms with Crippen molar-refractivity contribution in [3.05, 3.63) is 27.7 Å². The standard InChI is InChI=1S/C12H12BrF4NO3.ClH/c1-2-21-11(20)8(14)9(18)6-3-5(13)4-7(10(6)19)12(15,16)17;/h3-4,8-9,19H,2,18H2,1H3;1H/t8?,9-;/m1./s1. The molecule has 0 amide bonds.